The van der Waals surface area contributed by atoms with Gasteiger partial charge in [-0.25, -0.2) is 0 Å². The molecule has 2 fully saturated rings. The smallest absolute Gasteiger partial charge is 0.224 e. The molecule has 0 aromatic heterocycles. The summed E-state index contributed by atoms with van der Waals surface area (Å²) in [6, 6.07) is 9.10. The van der Waals surface area contributed by atoms with Crippen molar-refractivity contribution in [2.75, 3.05) is 36.4 Å². The van der Waals surface area contributed by atoms with Crippen LogP contribution < -0.4 is 10.2 Å². The Hall–Kier alpha value is -1.55. The lowest BCUT2D eigenvalue weighted by Gasteiger charge is -2.41. The maximum Gasteiger partial charge on any atom is 0.224 e. The van der Waals surface area contributed by atoms with Crippen LogP contribution in [0.15, 0.2) is 24.3 Å². The molecule has 0 bridgehead atoms. The Bertz CT molecular complexity index is 500. The van der Waals surface area contributed by atoms with Gasteiger partial charge in [0.1, 0.15) is 0 Å². The van der Waals surface area contributed by atoms with Crippen LogP contribution in [0.25, 0.3) is 0 Å². The number of carbonyl (C=O) groups is 1. The molecule has 0 spiro atoms. The average Bonchev–Trinajstić information content (AvgIpc) is 2.63. The van der Waals surface area contributed by atoms with E-state index in [1.165, 1.54) is 50.9 Å². The molecule has 0 atom stereocenters. The van der Waals surface area contributed by atoms with Gasteiger partial charge >= 0.3 is 0 Å². The fourth-order valence-electron chi connectivity index (χ4n) is 3.80. The summed E-state index contributed by atoms with van der Waals surface area (Å²) in [5.74, 6) is 0.0684. The van der Waals surface area contributed by atoms with Crippen molar-refractivity contribution in [1.82, 2.24) is 4.90 Å². The minimum atomic E-state index is 0.0684. The predicted molar refractivity (Wildman–Crippen MR) is 96.0 cm³/mol. The highest BCUT2D eigenvalue weighted by atomic mass is 16.1. The summed E-state index contributed by atoms with van der Waals surface area (Å²) in [5, 5.41) is 2.91. The molecule has 0 unspecified atom stereocenters. The second-order valence-electron chi connectivity index (χ2n) is 6.76. The SMILES string of the molecule is CCC(=O)Nc1ccc(N2CCN(C3CCCCC3)CC2)cc1. The molecule has 2 aliphatic rings. The number of nitrogens with one attached hydrogen (secondary N) is 1. The number of hydrogen-bond donors (Lipinski definition) is 1. The van der Waals surface area contributed by atoms with Crippen LogP contribution in [0.3, 0.4) is 0 Å². The van der Waals surface area contributed by atoms with Gasteiger partial charge in [0.25, 0.3) is 0 Å². The van der Waals surface area contributed by atoms with Crippen molar-refractivity contribution >= 4 is 17.3 Å². The van der Waals surface area contributed by atoms with Crippen LogP contribution in [-0.2, 0) is 4.79 Å². The quantitative estimate of drug-likeness (QED) is 0.924. The molecule has 23 heavy (non-hydrogen) atoms. The molecule has 1 saturated heterocycles. The van der Waals surface area contributed by atoms with Crippen LogP contribution in [0.5, 0.6) is 0 Å². The number of rotatable bonds is 4. The van der Waals surface area contributed by atoms with Crippen molar-refractivity contribution < 1.29 is 4.79 Å². The first kappa shape index (κ1) is 16.3. The standard InChI is InChI=1S/C19H29N3O/c1-2-19(23)20-16-8-10-18(11-9-16)22-14-12-21(13-15-22)17-6-4-3-5-7-17/h8-11,17H,2-7,12-15H2,1H3,(H,20,23). The third-order valence-corrected chi connectivity index (χ3v) is 5.24. The van der Waals surface area contributed by atoms with Crippen LogP contribution in [0.4, 0.5) is 11.4 Å². The molecular formula is C19H29N3O. The van der Waals surface area contributed by atoms with E-state index in [-0.39, 0.29) is 5.91 Å². The number of hydrogen-bond acceptors (Lipinski definition) is 3. The molecule has 1 aromatic rings. The van der Waals surface area contributed by atoms with Gasteiger partial charge in [0, 0.05) is 50.0 Å². The van der Waals surface area contributed by atoms with E-state index in [2.05, 4.69) is 27.2 Å². The van der Waals surface area contributed by atoms with Gasteiger partial charge in [0.2, 0.25) is 5.91 Å². The van der Waals surface area contributed by atoms with Crippen molar-refractivity contribution in [2.24, 2.45) is 0 Å². The van der Waals surface area contributed by atoms with E-state index in [9.17, 15) is 4.79 Å². The molecular weight excluding hydrogens is 286 g/mol. The zero-order valence-corrected chi connectivity index (χ0v) is 14.3. The number of carbonyl (C=O) groups excluding carboxylic acids is 1. The fourth-order valence-corrected chi connectivity index (χ4v) is 3.80. The average molecular weight is 315 g/mol. The Labute approximate surface area is 139 Å². The minimum Gasteiger partial charge on any atom is -0.369 e. The monoisotopic (exact) mass is 315 g/mol. The number of benzene rings is 1. The second kappa shape index (κ2) is 7.82. The van der Waals surface area contributed by atoms with Crippen LogP contribution in [-0.4, -0.2) is 43.0 Å². The van der Waals surface area contributed by atoms with E-state index in [4.69, 9.17) is 0 Å². The maximum absolute atomic E-state index is 11.4. The maximum atomic E-state index is 11.4. The highest BCUT2D eigenvalue weighted by Gasteiger charge is 2.25. The van der Waals surface area contributed by atoms with E-state index in [0.29, 0.717) is 6.42 Å². The van der Waals surface area contributed by atoms with Crippen molar-refractivity contribution in [3.05, 3.63) is 24.3 Å². The van der Waals surface area contributed by atoms with Gasteiger partial charge in [0.05, 0.1) is 0 Å². The summed E-state index contributed by atoms with van der Waals surface area (Å²) < 4.78 is 0. The number of nitrogens with zero attached hydrogens (tertiary/aromatic N) is 2. The predicted octanol–water partition coefficient (Wildman–Crippen LogP) is 3.49. The Morgan fingerprint density at radius 3 is 2.30 bits per heavy atom. The molecule has 1 aromatic carbocycles. The molecule has 4 nitrogen and oxygen atoms in total. The van der Waals surface area contributed by atoms with Crippen molar-refractivity contribution in [1.29, 1.82) is 0 Å². The van der Waals surface area contributed by atoms with E-state index >= 15 is 0 Å². The van der Waals surface area contributed by atoms with E-state index in [1.807, 2.05) is 19.1 Å². The molecule has 1 amide bonds. The Balaban J connectivity index is 1.52. The second-order valence-corrected chi connectivity index (χ2v) is 6.76. The molecule has 1 saturated carbocycles. The molecule has 1 N–H and O–H groups in total. The van der Waals surface area contributed by atoms with Crippen LogP contribution in [0, 0.1) is 0 Å². The van der Waals surface area contributed by atoms with Gasteiger partial charge in [-0.3, -0.25) is 9.69 Å². The Morgan fingerprint density at radius 2 is 1.70 bits per heavy atom. The zero-order valence-electron chi connectivity index (χ0n) is 14.3. The summed E-state index contributed by atoms with van der Waals surface area (Å²) in [7, 11) is 0. The topological polar surface area (TPSA) is 35.6 Å². The molecule has 1 aliphatic carbocycles. The Morgan fingerprint density at radius 1 is 1.04 bits per heavy atom. The van der Waals surface area contributed by atoms with Gasteiger partial charge < -0.3 is 10.2 Å². The lowest BCUT2D eigenvalue weighted by Crippen LogP contribution is -2.50. The van der Waals surface area contributed by atoms with Gasteiger partial charge in [-0.05, 0) is 37.1 Å². The number of amides is 1. The minimum absolute atomic E-state index is 0.0684. The lowest BCUT2D eigenvalue weighted by molar-refractivity contribution is -0.115. The van der Waals surface area contributed by atoms with Gasteiger partial charge in [-0.2, -0.15) is 0 Å². The summed E-state index contributed by atoms with van der Waals surface area (Å²) in [6.45, 7) is 6.45. The Kier molecular flexibility index (Phi) is 5.55. The lowest BCUT2D eigenvalue weighted by atomic mass is 9.94. The third kappa shape index (κ3) is 4.25. The van der Waals surface area contributed by atoms with E-state index < -0.39 is 0 Å². The number of piperazine rings is 1. The summed E-state index contributed by atoms with van der Waals surface area (Å²) >= 11 is 0. The first-order valence-corrected chi connectivity index (χ1v) is 9.15. The van der Waals surface area contributed by atoms with Gasteiger partial charge in [-0.15, -0.1) is 0 Å². The first-order valence-electron chi connectivity index (χ1n) is 9.15. The zero-order chi connectivity index (χ0) is 16.1. The van der Waals surface area contributed by atoms with Gasteiger partial charge in [-0.1, -0.05) is 26.2 Å². The van der Waals surface area contributed by atoms with Crippen molar-refractivity contribution in [3.63, 3.8) is 0 Å². The van der Waals surface area contributed by atoms with E-state index in [0.717, 1.165) is 24.8 Å². The van der Waals surface area contributed by atoms with E-state index in [1.54, 1.807) is 0 Å². The summed E-state index contributed by atoms with van der Waals surface area (Å²) in [6.07, 6.45) is 7.56. The largest absolute Gasteiger partial charge is 0.369 e. The summed E-state index contributed by atoms with van der Waals surface area (Å²) in [4.78, 5) is 16.6. The normalized spacial score (nSPS) is 20.5. The van der Waals surface area contributed by atoms with Crippen LogP contribution in [0.1, 0.15) is 45.4 Å². The third-order valence-electron chi connectivity index (χ3n) is 5.24. The fraction of sp³-hybridized carbons (Fsp3) is 0.632. The van der Waals surface area contributed by atoms with Crippen LogP contribution in [0.2, 0.25) is 0 Å². The highest BCUT2D eigenvalue weighted by Crippen LogP contribution is 2.25. The molecule has 0 radical (unpaired) electrons. The number of anilines is 2. The molecule has 126 valence electrons. The molecule has 1 heterocycles. The highest BCUT2D eigenvalue weighted by molar-refractivity contribution is 5.90. The van der Waals surface area contributed by atoms with Crippen LogP contribution >= 0.6 is 0 Å². The molecule has 3 rings (SSSR count). The molecule has 4 heteroatoms. The van der Waals surface area contributed by atoms with Crippen molar-refractivity contribution in [3.8, 4) is 0 Å². The molecule has 1 aliphatic heterocycles. The summed E-state index contributed by atoms with van der Waals surface area (Å²) in [5.41, 5.74) is 2.16. The first-order chi connectivity index (χ1) is 11.3. The van der Waals surface area contributed by atoms with Crippen molar-refractivity contribution in [2.45, 2.75) is 51.5 Å². The van der Waals surface area contributed by atoms with Gasteiger partial charge in [0.15, 0.2) is 0 Å².